The van der Waals surface area contributed by atoms with Gasteiger partial charge in [0.15, 0.2) is 5.78 Å². The van der Waals surface area contributed by atoms with Gasteiger partial charge in [-0.3, -0.25) is 14.6 Å². The number of methoxy groups -OCH3 is 1. The molecule has 174 valence electrons. The summed E-state index contributed by atoms with van der Waals surface area (Å²) in [5.41, 5.74) is 4.49. The molecule has 0 unspecified atom stereocenters. The number of allylic oxidation sites excluding steroid dienone is 1. The lowest BCUT2D eigenvalue weighted by Crippen LogP contribution is -2.43. The second-order valence-electron chi connectivity index (χ2n) is 9.04. The number of amides is 1. The number of nitrogens with zero attached hydrogens (tertiary/aromatic N) is 1. The van der Waals surface area contributed by atoms with Crippen LogP contribution in [0, 0.1) is 0 Å². The molecule has 0 bridgehead atoms. The van der Waals surface area contributed by atoms with Crippen molar-refractivity contribution in [3.63, 3.8) is 0 Å². The number of pyridine rings is 1. The van der Waals surface area contributed by atoms with E-state index in [1.807, 2.05) is 36.4 Å². The van der Waals surface area contributed by atoms with Crippen molar-refractivity contribution >= 4 is 17.4 Å². The Bertz CT molecular complexity index is 1230. The third kappa shape index (κ3) is 5.52. The molecule has 2 N–H and O–H groups in total. The number of carbonyl (C=O) groups excluding carboxylic acids is 2. The lowest BCUT2D eigenvalue weighted by molar-refractivity contribution is 0.0954. The number of hydrogen-bond donors (Lipinski definition) is 2. The van der Waals surface area contributed by atoms with Gasteiger partial charge in [0.25, 0.3) is 5.91 Å². The first-order valence-corrected chi connectivity index (χ1v) is 11.3. The maximum atomic E-state index is 13.2. The van der Waals surface area contributed by atoms with Crippen molar-refractivity contribution < 1.29 is 14.3 Å². The summed E-state index contributed by atoms with van der Waals surface area (Å²) >= 11 is 0. The molecule has 1 aliphatic rings. The molecule has 2 aromatic carbocycles. The standard InChI is InChI=1S/C28H29N3O3/c1-28(2)18-21-10-11-23(34-3)16-24(21)25(31-28)17-26(32)19-7-6-8-20(15-19)27(33)30-14-12-22-9-4-5-13-29-22/h4-11,13,15-17,31H,12,14,18H2,1-3H3,(H,30,33)/b25-17-. The number of nitrogens with one attached hydrogen (secondary N) is 2. The molecule has 0 saturated heterocycles. The fraction of sp³-hybridized carbons (Fsp3) is 0.250. The summed E-state index contributed by atoms with van der Waals surface area (Å²) in [5, 5.41) is 6.38. The van der Waals surface area contributed by atoms with Crippen molar-refractivity contribution in [1.29, 1.82) is 0 Å². The van der Waals surface area contributed by atoms with E-state index in [1.165, 1.54) is 0 Å². The zero-order chi connectivity index (χ0) is 24.1. The lowest BCUT2D eigenvalue weighted by atomic mass is 9.85. The molecular formula is C28H29N3O3. The fourth-order valence-corrected chi connectivity index (χ4v) is 4.13. The predicted molar refractivity (Wildman–Crippen MR) is 133 cm³/mol. The van der Waals surface area contributed by atoms with Gasteiger partial charge < -0.3 is 15.4 Å². The minimum atomic E-state index is -0.217. The number of carbonyl (C=O) groups is 2. The monoisotopic (exact) mass is 455 g/mol. The van der Waals surface area contributed by atoms with E-state index in [2.05, 4.69) is 29.5 Å². The average molecular weight is 456 g/mol. The van der Waals surface area contributed by atoms with Crippen LogP contribution in [0.4, 0.5) is 0 Å². The number of ether oxygens (including phenoxy) is 1. The largest absolute Gasteiger partial charge is 0.497 e. The van der Waals surface area contributed by atoms with Gasteiger partial charge in [0, 0.05) is 58.9 Å². The highest BCUT2D eigenvalue weighted by molar-refractivity contribution is 6.10. The van der Waals surface area contributed by atoms with Crippen LogP contribution in [0.1, 0.15) is 51.4 Å². The first kappa shape index (κ1) is 23.2. The third-order valence-corrected chi connectivity index (χ3v) is 5.79. The summed E-state index contributed by atoms with van der Waals surface area (Å²) in [4.78, 5) is 30.1. The Balaban J connectivity index is 1.51. The summed E-state index contributed by atoms with van der Waals surface area (Å²) in [6.07, 6.45) is 4.82. The molecule has 4 rings (SSSR count). The third-order valence-electron chi connectivity index (χ3n) is 5.79. The van der Waals surface area contributed by atoms with Crippen molar-refractivity contribution in [1.82, 2.24) is 15.6 Å². The van der Waals surface area contributed by atoms with E-state index in [0.29, 0.717) is 24.1 Å². The molecule has 0 radical (unpaired) electrons. The van der Waals surface area contributed by atoms with Crippen LogP contribution in [0.3, 0.4) is 0 Å². The Labute approximate surface area is 200 Å². The first-order chi connectivity index (χ1) is 16.3. The summed E-state index contributed by atoms with van der Waals surface area (Å²) in [6.45, 7) is 4.68. The molecule has 1 aromatic heterocycles. The lowest BCUT2D eigenvalue weighted by Gasteiger charge is -2.35. The summed E-state index contributed by atoms with van der Waals surface area (Å²) in [7, 11) is 1.63. The molecule has 6 heteroatoms. The predicted octanol–water partition coefficient (Wildman–Crippen LogP) is 4.21. The van der Waals surface area contributed by atoms with Crippen molar-refractivity contribution in [3.05, 3.63) is 101 Å². The van der Waals surface area contributed by atoms with Gasteiger partial charge in [-0.05, 0) is 62.2 Å². The number of fused-ring (bicyclic) bond motifs is 1. The van der Waals surface area contributed by atoms with E-state index in [0.717, 1.165) is 34.7 Å². The Kier molecular flexibility index (Phi) is 6.77. The Morgan fingerprint density at radius 3 is 2.68 bits per heavy atom. The molecular weight excluding hydrogens is 426 g/mol. The number of ketones is 1. The molecule has 2 heterocycles. The van der Waals surface area contributed by atoms with Crippen LogP contribution in [0.25, 0.3) is 5.70 Å². The molecule has 3 aromatic rings. The fourth-order valence-electron chi connectivity index (χ4n) is 4.13. The molecule has 6 nitrogen and oxygen atoms in total. The zero-order valence-electron chi connectivity index (χ0n) is 19.7. The van der Waals surface area contributed by atoms with E-state index in [9.17, 15) is 9.59 Å². The van der Waals surface area contributed by atoms with Gasteiger partial charge in [-0.15, -0.1) is 0 Å². The quantitative estimate of drug-likeness (QED) is 0.412. The summed E-state index contributed by atoms with van der Waals surface area (Å²) < 4.78 is 5.38. The van der Waals surface area contributed by atoms with E-state index < -0.39 is 0 Å². The summed E-state index contributed by atoms with van der Waals surface area (Å²) in [5.74, 6) is 0.352. The molecule has 0 saturated carbocycles. The smallest absolute Gasteiger partial charge is 0.251 e. The highest BCUT2D eigenvalue weighted by Crippen LogP contribution is 2.32. The number of aromatic nitrogens is 1. The maximum Gasteiger partial charge on any atom is 0.251 e. The number of rotatable bonds is 7. The van der Waals surface area contributed by atoms with Crippen LogP contribution >= 0.6 is 0 Å². The van der Waals surface area contributed by atoms with Crippen LogP contribution < -0.4 is 15.4 Å². The second kappa shape index (κ2) is 9.91. The number of benzene rings is 2. The minimum absolute atomic E-state index is 0.169. The maximum absolute atomic E-state index is 13.2. The van der Waals surface area contributed by atoms with Crippen molar-refractivity contribution in [2.75, 3.05) is 13.7 Å². The van der Waals surface area contributed by atoms with E-state index in [4.69, 9.17) is 4.74 Å². The zero-order valence-corrected chi connectivity index (χ0v) is 19.7. The Hall–Kier alpha value is -3.93. The van der Waals surface area contributed by atoms with E-state index in [1.54, 1.807) is 43.6 Å². The van der Waals surface area contributed by atoms with Crippen LogP contribution in [0.2, 0.25) is 0 Å². The highest BCUT2D eigenvalue weighted by atomic mass is 16.5. The molecule has 1 amide bonds. The second-order valence-corrected chi connectivity index (χ2v) is 9.04. The Morgan fingerprint density at radius 1 is 1.09 bits per heavy atom. The van der Waals surface area contributed by atoms with Gasteiger partial charge in [-0.1, -0.05) is 24.3 Å². The molecule has 1 aliphatic heterocycles. The van der Waals surface area contributed by atoms with E-state index >= 15 is 0 Å². The molecule has 0 aliphatic carbocycles. The van der Waals surface area contributed by atoms with Crippen LogP contribution in [0.15, 0.2) is 72.9 Å². The topological polar surface area (TPSA) is 80.3 Å². The van der Waals surface area contributed by atoms with Crippen molar-refractivity contribution in [2.24, 2.45) is 0 Å². The van der Waals surface area contributed by atoms with Crippen LogP contribution in [0.5, 0.6) is 5.75 Å². The van der Waals surface area contributed by atoms with Gasteiger partial charge in [0.2, 0.25) is 0 Å². The van der Waals surface area contributed by atoms with Crippen LogP contribution in [-0.4, -0.2) is 35.9 Å². The first-order valence-electron chi connectivity index (χ1n) is 11.3. The molecule has 0 spiro atoms. The summed E-state index contributed by atoms with van der Waals surface area (Å²) in [6, 6.07) is 18.4. The van der Waals surface area contributed by atoms with Gasteiger partial charge in [0.05, 0.1) is 7.11 Å². The highest BCUT2D eigenvalue weighted by Gasteiger charge is 2.28. The normalized spacial score (nSPS) is 15.2. The van der Waals surface area contributed by atoms with Crippen molar-refractivity contribution in [2.45, 2.75) is 32.2 Å². The van der Waals surface area contributed by atoms with E-state index in [-0.39, 0.29) is 17.2 Å². The average Bonchev–Trinajstić information content (AvgIpc) is 2.84. The van der Waals surface area contributed by atoms with Gasteiger partial charge in [-0.25, -0.2) is 0 Å². The Morgan fingerprint density at radius 2 is 1.91 bits per heavy atom. The van der Waals surface area contributed by atoms with Gasteiger partial charge in [-0.2, -0.15) is 0 Å². The van der Waals surface area contributed by atoms with Gasteiger partial charge in [0.1, 0.15) is 5.75 Å². The number of hydrogen-bond acceptors (Lipinski definition) is 5. The van der Waals surface area contributed by atoms with Gasteiger partial charge >= 0.3 is 0 Å². The molecule has 0 atom stereocenters. The minimum Gasteiger partial charge on any atom is -0.497 e. The van der Waals surface area contributed by atoms with Crippen LogP contribution in [-0.2, 0) is 12.8 Å². The molecule has 34 heavy (non-hydrogen) atoms. The van der Waals surface area contributed by atoms with Crippen molar-refractivity contribution in [3.8, 4) is 5.75 Å². The molecule has 0 fully saturated rings. The SMILES string of the molecule is COc1ccc2c(c1)/C(=C/C(=O)c1cccc(C(=O)NCCc3ccccn3)c1)NC(C)(C)C2.